The second-order valence-electron chi connectivity index (χ2n) is 5.23. The van der Waals surface area contributed by atoms with Gasteiger partial charge in [0.1, 0.15) is 0 Å². The van der Waals surface area contributed by atoms with Crippen LogP contribution in [0.3, 0.4) is 0 Å². The molecule has 2 amide bonds. The van der Waals surface area contributed by atoms with Crippen molar-refractivity contribution in [2.75, 3.05) is 18.9 Å². The van der Waals surface area contributed by atoms with Crippen molar-refractivity contribution in [1.82, 2.24) is 9.88 Å². The zero-order valence-electron chi connectivity index (χ0n) is 13.2. The number of hydrogen-bond donors (Lipinski definition) is 1. The van der Waals surface area contributed by atoms with Crippen LogP contribution in [0, 0.1) is 0 Å². The molecule has 0 aliphatic rings. The van der Waals surface area contributed by atoms with Gasteiger partial charge in [0.25, 0.3) is 5.91 Å². The first-order valence-electron chi connectivity index (χ1n) is 7.19. The molecule has 0 fully saturated rings. The van der Waals surface area contributed by atoms with Crippen molar-refractivity contribution in [1.29, 1.82) is 0 Å². The van der Waals surface area contributed by atoms with Gasteiger partial charge in [-0.3, -0.25) is 9.59 Å². The Labute approximate surface area is 139 Å². The van der Waals surface area contributed by atoms with E-state index in [1.54, 1.807) is 53.7 Å². The molecule has 6 heteroatoms. The summed E-state index contributed by atoms with van der Waals surface area (Å²) < 4.78 is 0. The first kappa shape index (κ1) is 16.9. The summed E-state index contributed by atoms with van der Waals surface area (Å²) in [7, 11) is 1.78. The van der Waals surface area contributed by atoms with Crippen molar-refractivity contribution in [2.45, 2.75) is 12.8 Å². The number of likely N-dealkylation sites (N-methyl/N-ethyl adjacent to an activating group) is 1. The Hall–Kier alpha value is -2.47. The van der Waals surface area contributed by atoms with E-state index in [4.69, 9.17) is 0 Å². The first-order valence-corrected chi connectivity index (χ1v) is 8.07. The number of benzene rings is 1. The van der Waals surface area contributed by atoms with E-state index < -0.39 is 0 Å². The van der Waals surface area contributed by atoms with Crippen LogP contribution in [-0.4, -0.2) is 35.3 Å². The van der Waals surface area contributed by atoms with Crippen LogP contribution in [0.1, 0.15) is 28.2 Å². The molecule has 23 heavy (non-hydrogen) atoms. The van der Waals surface area contributed by atoms with Gasteiger partial charge in [0, 0.05) is 42.3 Å². The number of thiazole rings is 1. The van der Waals surface area contributed by atoms with Gasteiger partial charge >= 0.3 is 0 Å². The van der Waals surface area contributed by atoms with E-state index >= 15 is 0 Å². The molecule has 1 N–H and O–H groups in total. The molecule has 120 valence electrons. The van der Waals surface area contributed by atoms with Crippen LogP contribution < -0.4 is 5.32 Å². The zero-order valence-corrected chi connectivity index (χ0v) is 14.0. The Kier molecular flexibility index (Phi) is 5.65. The van der Waals surface area contributed by atoms with Gasteiger partial charge in [-0.1, -0.05) is 13.5 Å². The molecule has 0 saturated carbocycles. The molecular formula is C17H19N3O2S. The molecule has 1 unspecified atom stereocenters. The number of rotatable bonds is 6. The summed E-state index contributed by atoms with van der Waals surface area (Å²) in [5.41, 5.74) is 1.21. The molecular weight excluding hydrogens is 310 g/mol. The highest BCUT2D eigenvalue weighted by Gasteiger charge is 2.16. The highest BCUT2D eigenvalue weighted by Crippen LogP contribution is 2.19. The van der Waals surface area contributed by atoms with Crippen LogP contribution in [0.15, 0.2) is 48.5 Å². The summed E-state index contributed by atoms with van der Waals surface area (Å²) in [5, 5.41) is 5.60. The fraction of sp³-hybridized carbons (Fsp3) is 0.235. The molecule has 2 rings (SSSR count). The van der Waals surface area contributed by atoms with Crippen LogP contribution in [-0.2, 0) is 4.79 Å². The quantitative estimate of drug-likeness (QED) is 0.828. The minimum absolute atomic E-state index is 0.0602. The van der Waals surface area contributed by atoms with Crippen LogP contribution in [0.25, 0.3) is 0 Å². The Morgan fingerprint density at radius 3 is 2.65 bits per heavy atom. The van der Waals surface area contributed by atoms with E-state index in [-0.39, 0.29) is 17.7 Å². The number of nitrogens with one attached hydrogen (secondary N) is 1. The lowest BCUT2D eigenvalue weighted by Gasteiger charge is -2.20. The molecule has 1 heterocycles. The fourth-order valence-corrected chi connectivity index (χ4v) is 2.85. The van der Waals surface area contributed by atoms with Crippen molar-refractivity contribution in [2.24, 2.45) is 0 Å². The molecule has 1 aromatic heterocycles. The average Bonchev–Trinajstić information content (AvgIpc) is 3.09. The average molecular weight is 329 g/mol. The maximum atomic E-state index is 12.4. The molecule has 2 aromatic rings. The third-order valence-corrected chi connectivity index (χ3v) is 4.36. The molecule has 0 aliphatic heterocycles. The molecule has 0 saturated heterocycles. The van der Waals surface area contributed by atoms with E-state index in [0.717, 1.165) is 5.01 Å². The van der Waals surface area contributed by atoms with Crippen LogP contribution >= 0.6 is 11.3 Å². The fourth-order valence-electron chi connectivity index (χ4n) is 2.16. The Morgan fingerprint density at radius 2 is 2.09 bits per heavy atom. The lowest BCUT2D eigenvalue weighted by Crippen LogP contribution is -2.30. The molecule has 0 bridgehead atoms. The lowest BCUT2D eigenvalue weighted by molar-refractivity contribution is -0.111. The minimum atomic E-state index is -0.279. The predicted molar refractivity (Wildman–Crippen MR) is 92.8 cm³/mol. The molecule has 1 atom stereocenters. The molecule has 5 nitrogen and oxygen atoms in total. The maximum absolute atomic E-state index is 12.4. The number of carbonyl (C=O) groups is 2. The predicted octanol–water partition coefficient (Wildman–Crippen LogP) is 3.14. The van der Waals surface area contributed by atoms with Crippen molar-refractivity contribution < 1.29 is 9.59 Å². The van der Waals surface area contributed by atoms with Gasteiger partial charge in [-0.15, -0.1) is 11.3 Å². The topological polar surface area (TPSA) is 62.3 Å². The Balaban J connectivity index is 1.99. The number of carbonyl (C=O) groups excluding carboxylic acids is 2. The van der Waals surface area contributed by atoms with Crippen molar-refractivity contribution >= 4 is 28.8 Å². The van der Waals surface area contributed by atoms with E-state index in [1.807, 2.05) is 5.38 Å². The highest BCUT2D eigenvalue weighted by molar-refractivity contribution is 7.09. The second kappa shape index (κ2) is 7.69. The van der Waals surface area contributed by atoms with Crippen molar-refractivity contribution in [3.63, 3.8) is 0 Å². The van der Waals surface area contributed by atoms with Gasteiger partial charge in [0.15, 0.2) is 0 Å². The van der Waals surface area contributed by atoms with Gasteiger partial charge in [-0.2, -0.15) is 0 Å². The van der Waals surface area contributed by atoms with Gasteiger partial charge in [-0.25, -0.2) is 4.98 Å². The summed E-state index contributed by atoms with van der Waals surface area (Å²) >= 11 is 1.59. The third kappa shape index (κ3) is 4.50. The standard InChI is InChI=1S/C17H19N3O2S/c1-4-15(21)19-14-7-5-13(6-8-14)17(22)20(3)11-12(2)16-18-9-10-23-16/h4-10,12H,1,11H2,2-3H3,(H,19,21). The molecule has 0 spiro atoms. The van der Waals surface area contributed by atoms with Crippen molar-refractivity contribution in [3.05, 3.63) is 59.1 Å². The number of nitrogens with zero attached hydrogens (tertiary/aromatic N) is 2. The van der Waals surface area contributed by atoms with Gasteiger partial charge in [0.05, 0.1) is 5.01 Å². The van der Waals surface area contributed by atoms with E-state index in [0.29, 0.717) is 17.8 Å². The number of amides is 2. The summed E-state index contributed by atoms with van der Waals surface area (Å²) in [5.74, 6) is -0.149. The molecule has 1 aromatic carbocycles. The van der Waals surface area contributed by atoms with Crippen LogP contribution in [0.5, 0.6) is 0 Å². The summed E-state index contributed by atoms with van der Waals surface area (Å²) in [4.78, 5) is 29.6. The smallest absolute Gasteiger partial charge is 0.253 e. The third-order valence-electron chi connectivity index (χ3n) is 3.35. The first-order chi connectivity index (χ1) is 11.0. The second-order valence-corrected chi connectivity index (χ2v) is 6.15. The van der Waals surface area contributed by atoms with E-state index in [2.05, 4.69) is 23.8 Å². The van der Waals surface area contributed by atoms with Gasteiger partial charge in [-0.05, 0) is 30.3 Å². The number of hydrogen-bond acceptors (Lipinski definition) is 4. The Morgan fingerprint density at radius 1 is 1.39 bits per heavy atom. The minimum Gasteiger partial charge on any atom is -0.341 e. The molecule has 0 radical (unpaired) electrons. The monoisotopic (exact) mass is 329 g/mol. The highest BCUT2D eigenvalue weighted by atomic mass is 32.1. The Bertz CT molecular complexity index is 680. The summed E-state index contributed by atoms with van der Waals surface area (Å²) in [6, 6.07) is 6.80. The van der Waals surface area contributed by atoms with Crippen LogP contribution in [0.4, 0.5) is 5.69 Å². The maximum Gasteiger partial charge on any atom is 0.253 e. The van der Waals surface area contributed by atoms with Crippen molar-refractivity contribution in [3.8, 4) is 0 Å². The van der Waals surface area contributed by atoms with E-state index in [9.17, 15) is 9.59 Å². The number of aromatic nitrogens is 1. The van der Waals surface area contributed by atoms with Crippen LogP contribution in [0.2, 0.25) is 0 Å². The van der Waals surface area contributed by atoms with Gasteiger partial charge in [0.2, 0.25) is 5.91 Å². The number of anilines is 1. The normalized spacial score (nSPS) is 11.6. The molecule has 0 aliphatic carbocycles. The zero-order chi connectivity index (χ0) is 16.8. The summed E-state index contributed by atoms with van der Waals surface area (Å²) in [6.07, 6.45) is 2.97. The van der Waals surface area contributed by atoms with E-state index in [1.165, 1.54) is 6.08 Å². The van der Waals surface area contributed by atoms with Gasteiger partial charge < -0.3 is 10.2 Å². The summed E-state index contributed by atoms with van der Waals surface area (Å²) in [6.45, 7) is 6.05. The largest absolute Gasteiger partial charge is 0.341 e. The SMILES string of the molecule is C=CC(=O)Nc1ccc(C(=O)N(C)CC(C)c2nccs2)cc1. The lowest BCUT2D eigenvalue weighted by atomic mass is 10.1.